The second-order valence-corrected chi connectivity index (χ2v) is 8.95. The Kier molecular flexibility index (Phi) is 8.20. The quantitative estimate of drug-likeness (QED) is 0.578. The molecule has 3 rings (SSSR count). The van der Waals surface area contributed by atoms with Gasteiger partial charge in [0.25, 0.3) is 5.91 Å². The summed E-state index contributed by atoms with van der Waals surface area (Å²) < 4.78 is 24.0. The topological polar surface area (TPSA) is 81.7 Å². The molecule has 0 bridgehead atoms. The average molecular weight is 456 g/mol. The lowest BCUT2D eigenvalue weighted by Crippen LogP contribution is -2.36. The second-order valence-electron chi connectivity index (χ2n) is 8.95. The van der Waals surface area contributed by atoms with Crippen molar-refractivity contribution in [3.05, 3.63) is 65.5 Å². The molecule has 176 valence electrons. The van der Waals surface area contributed by atoms with Gasteiger partial charge < -0.3 is 14.8 Å². The molecule has 0 aliphatic heterocycles. The molecule has 6 nitrogen and oxygen atoms in total. The Balaban J connectivity index is 1.63. The fraction of sp³-hybridized carbons (Fsp3) is 0.423. The van der Waals surface area contributed by atoms with E-state index in [0.29, 0.717) is 17.5 Å². The first-order chi connectivity index (χ1) is 15.7. The van der Waals surface area contributed by atoms with E-state index in [1.807, 2.05) is 0 Å². The maximum absolute atomic E-state index is 13.0. The average Bonchev–Trinajstić information content (AvgIpc) is 2.79. The van der Waals surface area contributed by atoms with Gasteiger partial charge in [0.1, 0.15) is 11.9 Å². The van der Waals surface area contributed by atoms with Gasteiger partial charge in [-0.05, 0) is 67.0 Å². The molecule has 0 heterocycles. The zero-order chi connectivity index (χ0) is 24.0. The molecule has 2 aromatic rings. The van der Waals surface area contributed by atoms with E-state index in [9.17, 15) is 18.8 Å². The Labute approximate surface area is 193 Å². The summed E-state index contributed by atoms with van der Waals surface area (Å²) >= 11 is 0. The predicted octanol–water partition coefficient (Wildman–Crippen LogP) is 5.24. The Morgan fingerprint density at radius 2 is 1.64 bits per heavy atom. The number of anilines is 1. The lowest BCUT2D eigenvalue weighted by atomic mass is 9.75. The van der Waals surface area contributed by atoms with E-state index in [0.717, 1.165) is 19.3 Å². The van der Waals surface area contributed by atoms with Crippen LogP contribution < -0.4 is 5.32 Å². The second kappa shape index (κ2) is 11.1. The van der Waals surface area contributed by atoms with Crippen molar-refractivity contribution in [1.29, 1.82) is 0 Å². The number of carbonyl (C=O) groups is 3. The fourth-order valence-electron chi connectivity index (χ4n) is 4.23. The van der Waals surface area contributed by atoms with Crippen molar-refractivity contribution in [1.82, 2.24) is 0 Å². The number of ether oxygens (including phenoxy) is 2. The summed E-state index contributed by atoms with van der Waals surface area (Å²) in [5.41, 5.74) is 0.534. The number of carbonyl (C=O) groups excluding carboxylic acids is 3. The van der Waals surface area contributed by atoms with E-state index in [4.69, 9.17) is 9.47 Å². The normalized spacial score (nSPS) is 20.2. The third kappa shape index (κ3) is 6.63. The lowest BCUT2D eigenvalue weighted by molar-refractivity contribution is -0.119. The molecule has 0 spiro atoms. The van der Waals surface area contributed by atoms with Crippen molar-refractivity contribution in [2.45, 2.75) is 46.1 Å². The van der Waals surface area contributed by atoms with Gasteiger partial charge in [-0.2, -0.15) is 0 Å². The highest BCUT2D eigenvalue weighted by Crippen LogP contribution is 2.35. The summed E-state index contributed by atoms with van der Waals surface area (Å²) in [4.78, 5) is 37.7. The van der Waals surface area contributed by atoms with Crippen LogP contribution in [-0.2, 0) is 14.3 Å². The van der Waals surface area contributed by atoms with Gasteiger partial charge in [-0.25, -0.2) is 14.0 Å². The molecule has 33 heavy (non-hydrogen) atoms. The summed E-state index contributed by atoms with van der Waals surface area (Å²) in [7, 11) is 0. The molecule has 7 heteroatoms. The molecule has 2 aromatic carbocycles. The number of benzene rings is 2. The first-order valence-electron chi connectivity index (χ1n) is 11.3. The zero-order valence-electron chi connectivity index (χ0n) is 19.2. The molecule has 0 radical (unpaired) electrons. The molecule has 0 unspecified atom stereocenters. The molecule has 1 N–H and O–H groups in total. The fourth-order valence-corrected chi connectivity index (χ4v) is 4.23. The largest absolute Gasteiger partial charge is 0.458 e. The molecule has 0 saturated heterocycles. The summed E-state index contributed by atoms with van der Waals surface area (Å²) in [6, 6.07) is 11.5. The summed E-state index contributed by atoms with van der Waals surface area (Å²) in [5, 5.41) is 2.51. The van der Waals surface area contributed by atoms with Crippen LogP contribution in [0.2, 0.25) is 0 Å². The number of esters is 2. The van der Waals surface area contributed by atoms with Crippen molar-refractivity contribution in [3.63, 3.8) is 0 Å². The number of hydrogen-bond acceptors (Lipinski definition) is 5. The van der Waals surface area contributed by atoms with Gasteiger partial charge in [-0.3, -0.25) is 4.79 Å². The maximum atomic E-state index is 13.0. The van der Waals surface area contributed by atoms with Gasteiger partial charge in [-0.15, -0.1) is 0 Å². The maximum Gasteiger partial charge on any atom is 0.339 e. The van der Waals surface area contributed by atoms with Gasteiger partial charge in [0.15, 0.2) is 6.61 Å². The van der Waals surface area contributed by atoms with Crippen LogP contribution in [0.25, 0.3) is 0 Å². The first kappa shape index (κ1) is 24.4. The highest BCUT2D eigenvalue weighted by molar-refractivity contribution is 6.04. The Hall–Kier alpha value is -3.22. The van der Waals surface area contributed by atoms with Crippen LogP contribution in [0.4, 0.5) is 10.1 Å². The van der Waals surface area contributed by atoms with Crippen molar-refractivity contribution in [3.8, 4) is 0 Å². The van der Waals surface area contributed by atoms with Crippen LogP contribution in [0.5, 0.6) is 0 Å². The van der Waals surface area contributed by atoms with Crippen LogP contribution in [0, 0.1) is 23.6 Å². The Morgan fingerprint density at radius 3 is 2.27 bits per heavy atom. The lowest BCUT2D eigenvalue weighted by Gasteiger charge is -2.36. The summed E-state index contributed by atoms with van der Waals surface area (Å²) in [5.74, 6) is -1.24. The van der Waals surface area contributed by atoms with E-state index in [1.165, 1.54) is 36.4 Å². The van der Waals surface area contributed by atoms with Crippen molar-refractivity contribution >= 4 is 23.5 Å². The third-order valence-electron chi connectivity index (χ3n) is 6.05. The highest BCUT2D eigenvalue weighted by Gasteiger charge is 2.34. The van der Waals surface area contributed by atoms with Crippen LogP contribution in [0.1, 0.15) is 60.7 Å². The molecular formula is C26H30FNO5. The number of nitrogens with one attached hydrogen (secondary N) is 1. The molecule has 1 amide bonds. The van der Waals surface area contributed by atoms with Gasteiger partial charge in [0, 0.05) is 5.69 Å². The minimum absolute atomic E-state index is 0.0436. The predicted molar refractivity (Wildman–Crippen MR) is 122 cm³/mol. The molecule has 0 aromatic heterocycles. The van der Waals surface area contributed by atoms with Crippen LogP contribution in [0.3, 0.4) is 0 Å². The molecule has 1 aliphatic carbocycles. The molecule has 3 atom stereocenters. The highest BCUT2D eigenvalue weighted by atomic mass is 19.1. The van der Waals surface area contributed by atoms with Gasteiger partial charge in [-0.1, -0.05) is 39.3 Å². The van der Waals surface area contributed by atoms with Gasteiger partial charge in [0.05, 0.1) is 11.1 Å². The first-order valence-corrected chi connectivity index (χ1v) is 11.3. The van der Waals surface area contributed by atoms with Crippen molar-refractivity contribution in [2.75, 3.05) is 11.9 Å². The number of hydrogen-bond donors (Lipinski definition) is 1. The van der Waals surface area contributed by atoms with Gasteiger partial charge in [0.2, 0.25) is 0 Å². The van der Waals surface area contributed by atoms with E-state index >= 15 is 0 Å². The molecule has 1 saturated carbocycles. The SMILES string of the molecule is CC(C)[C@@H]1CC[C@@H](C)C[C@H]1OC(=O)c1ccccc1C(=O)OCC(=O)Nc1ccc(F)cc1. The standard InChI is InChI=1S/C26H30FNO5/c1-16(2)20-13-8-17(3)14-23(20)33-26(31)22-7-5-4-6-21(22)25(30)32-15-24(29)28-19-11-9-18(27)10-12-19/h4-7,9-12,16-17,20,23H,8,13-15H2,1-3H3,(H,28,29)/t17-,20+,23-/m1/s1. The van der Waals surface area contributed by atoms with Crippen molar-refractivity contribution in [2.24, 2.45) is 17.8 Å². The number of rotatable bonds is 7. The number of amides is 1. The monoisotopic (exact) mass is 455 g/mol. The Bertz CT molecular complexity index is 988. The summed E-state index contributed by atoms with van der Waals surface area (Å²) in [6.45, 7) is 5.86. The minimum atomic E-state index is -0.797. The molecular weight excluding hydrogens is 425 g/mol. The van der Waals surface area contributed by atoms with Crippen LogP contribution in [-0.4, -0.2) is 30.6 Å². The van der Waals surface area contributed by atoms with E-state index < -0.39 is 30.3 Å². The van der Waals surface area contributed by atoms with Crippen LogP contribution >= 0.6 is 0 Å². The number of halogens is 1. The summed E-state index contributed by atoms with van der Waals surface area (Å²) in [6.07, 6.45) is 2.71. The van der Waals surface area contributed by atoms with Gasteiger partial charge >= 0.3 is 11.9 Å². The van der Waals surface area contributed by atoms with E-state index in [1.54, 1.807) is 12.1 Å². The molecule has 1 fully saturated rings. The van der Waals surface area contributed by atoms with E-state index in [2.05, 4.69) is 26.1 Å². The molecule has 1 aliphatic rings. The van der Waals surface area contributed by atoms with Crippen molar-refractivity contribution < 1.29 is 28.2 Å². The zero-order valence-corrected chi connectivity index (χ0v) is 19.2. The van der Waals surface area contributed by atoms with E-state index in [-0.39, 0.29) is 23.1 Å². The Morgan fingerprint density at radius 1 is 1.00 bits per heavy atom. The smallest absolute Gasteiger partial charge is 0.339 e. The minimum Gasteiger partial charge on any atom is -0.458 e. The van der Waals surface area contributed by atoms with Crippen LogP contribution in [0.15, 0.2) is 48.5 Å². The third-order valence-corrected chi connectivity index (χ3v) is 6.05.